The molecule has 32 heavy (non-hydrogen) atoms. The highest BCUT2D eigenvalue weighted by molar-refractivity contribution is 7.93. The van der Waals surface area contributed by atoms with Gasteiger partial charge in [-0.3, -0.25) is 9.10 Å². The Kier molecular flexibility index (Phi) is 4.89. The number of aromatic nitrogens is 2. The molecule has 0 unspecified atom stereocenters. The van der Waals surface area contributed by atoms with Crippen molar-refractivity contribution in [2.75, 3.05) is 21.9 Å². The van der Waals surface area contributed by atoms with Crippen molar-refractivity contribution < 1.29 is 22.7 Å². The number of phenolic OH excluding ortho intramolecular Hbond substituents is 1. The first kappa shape index (κ1) is 20.5. The molecule has 1 fully saturated rings. The van der Waals surface area contributed by atoms with E-state index in [0.29, 0.717) is 31.5 Å². The second-order valence-corrected chi connectivity index (χ2v) is 9.90. The first-order valence-corrected chi connectivity index (χ1v) is 12.0. The van der Waals surface area contributed by atoms with Crippen molar-refractivity contribution in [3.05, 3.63) is 65.2 Å². The van der Waals surface area contributed by atoms with Crippen molar-refractivity contribution in [2.45, 2.75) is 25.7 Å². The molecule has 10 heteroatoms. The van der Waals surface area contributed by atoms with E-state index < -0.39 is 21.7 Å². The zero-order valence-electron chi connectivity index (χ0n) is 17.1. The summed E-state index contributed by atoms with van der Waals surface area (Å²) in [6.07, 6.45) is 2.67. The average Bonchev–Trinajstić information content (AvgIpc) is 3.45. The molecule has 1 saturated heterocycles. The number of carbonyl (C=O) groups excluding carboxylic acids is 1. The number of fused-ring (bicyclic) bond motifs is 1. The molecule has 1 amide bonds. The largest absolute Gasteiger partial charge is 0.506 e. The monoisotopic (exact) mass is 456 g/mol. The van der Waals surface area contributed by atoms with Gasteiger partial charge in [-0.2, -0.15) is 5.10 Å². The van der Waals surface area contributed by atoms with E-state index in [1.807, 2.05) is 0 Å². The normalized spacial score (nSPS) is 16.8. The van der Waals surface area contributed by atoms with E-state index in [0.717, 1.165) is 17.7 Å². The van der Waals surface area contributed by atoms with Gasteiger partial charge in [0.2, 0.25) is 10.0 Å². The highest BCUT2D eigenvalue weighted by Crippen LogP contribution is 2.33. The van der Waals surface area contributed by atoms with Gasteiger partial charge in [-0.25, -0.2) is 17.5 Å². The van der Waals surface area contributed by atoms with Crippen LogP contribution in [-0.4, -0.2) is 41.5 Å². The van der Waals surface area contributed by atoms with Gasteiger partial charge in [0, 0.05) is 17.8 Å². The molecule has 2 heterocycles. The van der Waals surface area contributed by atoms with Crippen molar-refractivity contribution in [3.63, 3.8) is 0 Å². The molecular formula is C22H21FN4O4S. The van der Waals surface area contributed by atoms with E-state index >= 15 is 0 Å². The summed E-state index contributed by atoms with van der Waals surface area (Å²) in [5, 5.41) is 17.3. The van der Waals surface area contributed by atoms with Crippen LogP contribution < -0.4 is 9.62 Å². The molecule has 2 aromatic carbocycles. The number of hydrogen-bond acceptors (Lipinski definition) is 5. The Labute approximate surface area is 184 Å². The van der Waals surface area contributed by atoms with Crippen LogP contribution in [0, 0.1) is 5.82 Å². The Morgan fingerprint density at radius 1 is 1.12 bits per heavy atom. The first-order chi connectivity index (χ1) is 15.3. The molecule has 0 atom stereocenters. The Morgan fingerprint density at radius 2 is 1.94 bits per heavy atom. The number of aromatic hydroxyl groups is 1. The molecule has 3 aromatic rings. The minimum absolute atomic E-state index is 0.0647. The third-order valence-electron chi connectivity index (χ3n) is 5.84. The maximum atomic E-state index is 14.4. The summed E-state index contributed by atoms with van der Waals surface area (Å²) < 4.78 is 41.6. The summed E-state index contributed by atoms with van der Waals surface area (Å²) >= 11 is 0. The topological polar surface area (TPSA) is 105 Å². The number of rotatable bonds is 4. The number of sulfonamides is 1. The Hall–Kier alpha value is -3.40. The fourth-order valence-electron chi connectivity index (χ4n) is 4.33. The smallest absolute Gasteiger partial charge is 0.276 e. The van der Waals surface area contributed by atoms with E-state index in [1.165, 1.54) is 33.3 Å². The third kappa shape index (κ3) is 3.40. The lowest BCUT2D eigenvalue weighted by molar-refractivity contribution is 0.102. The van der Waals surface area contributed by atoms with Crippen LogP contribution in [0.5, 0.6) is 5.75 Å². The van der Waals surface area contributed by atoms with Crippen LogP contribution in [0.4, 0.5) is 15.8 Å². The van der Waals surface area contributed by atoms with Crippen molar-refractivity contribution in [3.8, 4) is 11.4 Å². The number of para-hydroxylation sites is 1. The lowest BCUT2D eigenvalue weighted by atomic mass is 10.2. The van der Waals surface area contributed by atoms with Gasteiger partial charge in [0.15, 0.2) is 5.69 Å². The molecule has 0 saturated carbocycles. The van der Waals surface area contributed by atoms with Crippen molar-refractivity contribution in [1.29, 1.82) is 0 Å². The van der Waals surface area contributed by atoms with Crippen LogP contribution in [0.1, 0.15) is 34.6 Å². The predicted octanol–water partition coefficient (Wildman–Crippen LogP) is 3.00. The molecular weight excluding hydrogens is 435 g/mol. The summed E-state index contributed by atoms with van der Waals surface area (Å²) in [6, 6.07) is 10.5. The van der Waals surface area contributed by atoms with Crippen LogP contribution in [0.2, 0.25) is 0 Å². The van der Waals surface area contributed by atoms with Gasteiger partial charge in [-0.15, -0.1) is 0 Å². The van der Waals surface area contributed by atoms with Gasteiger partial charge in [0.25, 0.3) is 5.91 Å². The van der Waals surface area contributed by atoms with Crippen LogP contribution >= 0.6 is 0 Å². The predicted molar refractivity (Wildman–Crippen MR) is 117 cm³/mol. The van der Waals surface area contributed by atoms with E-state index in [-0.39, 0.29) is 28.6 Å². The number of halogens is 1. The molecule has 0 radical (unpaired) electrons. The van der Waals surface area contributed by atoms with Gasteiger partial charge in [0.1, 0.15) is 17.3 Å². The van der Waals surface area contributed by atoms with Crippen molar-refractivity contribution in [2.24, 2.45) is 0 Å². The zero-order chi connectivity index (χ0) is 22.5. The van der Waals surface area contributed by atoms with Gasteiger partial charge < -0.3 is 10.4 Å². The maximum Gasteiger partial charge on any atom is 0.276 e. The molecule has 1 aromatic heterocycles. The van der Waals surface area contributed by atoms with Gasteiger partial charge in [-0.05, 0) is 56.0 Å². The average molecular weight is 456 g/mol. The first-order valence-electron chi connectivity index (χ1n) is 10.4. The van der Waals surface area contributed by atoms with Gasteiger partial charge in [-0.1, -0.05) is 12.1 Å². The number of amides is 1. The SMILES string of the molecule is O=C(Nc1cc(N2CCCS2(=O)=O)ccc1O)c1nn(-c2ccccc2F)c2c1CCC2. The number of hydrogen-bond donors (Lipinski definition) is 2. The number of nitrogens with zero attached hydrogens (tertiary/aromatic N) is 3. The number of carbonyl (C=O) groups is 1. The summed E-state index contributed by atoms with van der Waals surface area (Å²) in [5.74, 6) is -1.11. The van der Waals surface area contributed by atoms with E-state index in [1.54, 1.807) is 18.2 Å². The molecule has 2 aliphatic rings. The van der Waals surface area contributed by atoms with Crippen LogP contribution in [0.15, 0.2) is 42.5 Å². The second-order valence-electron chi connectivity index (χ2n) is 7.89. The Morgan fingerprint density at radius 3 is 2.69 bits per heavy atom. The number of phenols is 1. The Balaban J connectivity index is 1.48. The molecule has 2 N–H and O–H groups in total. The van der Waals surface area contributed by atoms with Gasteiger partial charge >= 0.3 is 0 Å². The molecule has 8 nitrogen and oxygen atoms in total. The maximum absolute atomic E-state index is 14.4. The summed E-state index contributed by atoms with van der Waals surface area (Å²) in [4.78, 5) is 13.1. The van der Waals surface area contributed by atoms with Crippen LogP contribution in [0.3, 0.4) is 0 Å². The highest BCUT2D eigenvalue weighted by atomic mass is 32.2. The minimum Gasteiger partial charge on any atom is -0.506 e. The highest BCUT2D eigenvalue weighted by Gasteiger charge is 2.30. The second kappa shape index (κ2) is 7.63. The van der Waals surface area contributed by atoms with E-state index in [9.17, 15) is 22.7 Å². The van der Waals surface area contributed by atoms with E-state index in [2.05, 4.69) is 10.4 Å². The fourth-order valence-corrected chi connectivity index (χ4v) is 5.89. The minimum atomic E-state index is -3.40. The molecule has 1 aliphatic heterocycles. The molecule has 1 aliphatic carbocycles. The lowest BCUT2D eigenvalue weighted by Crippen LogP contribution is -2.25. The number of anilines is 2. The summed E-state index contributed by atoms with van der Waals surface area (Å²) in [7, 11) is -3.40. The van der Waals surface area contributed by atoms with Gasteiger partial charge in [0.05, 0.1) is 17.1 Å². The summed E-state index contributed by atoms with van der Waals surface area (Å²) in [5.41, 5.74) is 2.44. The molecule has 5 rings (SSSR count). The quantitative estimate of drug-likeness (QED) is 0.588. The summed E-state index contributed by atoms with van der Waals surface area (Å²) in [6.45, 7) is 0.348. The van der Waals surface area contributed by atoms with Crippen molar-refractivity contribution >= 4 is 27.3 Å². The third-order valence-corrected chi connectivity index (χ3v) is 7.71. The Bertz CT molecular complexity index is 1340. The fraction of sp³-hybridized carbons (Fsp3) is 0.273. The van der Waals surface area contributed by atoms with Crippen LogP contribution in [-0.2, 0) is 22.9 Å². The van der Waals surface area contributed by atoms with Crippen molar-refractivity contribution in [1.82, 2.24) is 9.78 Å². The zero-order valence-corrected chi connectivity index (χ0v) is 17.9. The number of benzene rings is 2. The molecule has 0 spiro atoms. The lowest BCUT2D eigenvalue weighted by Gasteiger charge is -2.18. The number of nitrogens with one attached hydrogen (secondary N) is 1. The molecule has 0 bridgehead atoms. The van der Waals surface area contributed by atoms with Crippen LogP contribution in [0.25, 0.3) is 5.69 Å². The standard InChI is InChI=1S/C22H21FN4O4S/c23-16-6-1-2-7-19(16)27-18-8-3-5-15(18)21(25-27)22(29)24-17-13-14(9-10-20(17)28)26-11-4-12-32(26,30)31/h1-2,6-7,9-10,13,28H,3-5,8,11-12H2,(H,24,29). The molecule has 166 valence electrons. The van der Waals surface area contributed by atoms with E-state index in [4.69, 9.17) is 0 Å².